The number of hydrogen-bond acceptors (Lipinski definition) is 4. The van der Waals surface area contributed by atoms with Gasteiger partial charge in [0, 0.05) is 0 Å². The van der Waals surface area contributed by atoms with Crippen molar-refractivity contribution in [1.29, 1.82) is 0 Å². The van der Waals surface area contributed by atoms with Gasteiger partial charge in [-0.15, -0.1) is 0 Å². The Morgan fingerprint density at radius 3 is 3.00 bits per heavy atom. The summed E-state index contributed by atoms with van der Waals surface area (Å²) >= 11 is 0. The molecule has 1 atom stereocenters. The summed E-state index contributed by atoms with van der Waals surface area (Å²) < 4.78 is 5.19. The first-order valence-electron chi connectivity index (χ1n) is 6.87. The van der Waals surface area contributed by atoms with Crippen LogP contribution in [0.4, 0.5) is 5.69 Å². The number of rotatable bonds is 5. The number of ether oxygens (including phenoxy) is 1. The Hall–Kier alpha value is -1.88. The lowest BCUT2D eigenvalue weighted by Crippen LogP contribution is -2.44. The normalized spacial score (nSPS) is 19.4. The van der Waals surface area contributed by atoms with Crippen molar-refractivity contribution >= 4 is 17.9 Å². The number of para-hydroxylation sites is 2. The molecule has 1 fully saturated rings. The number of benzene rings is 1. The fraction of sp³-hybridized carbons (Fsp3) is 0.467. The van der Waals surface area contributed by atoms with E-state index in [4.69, 9.17) is 4.74 Å². The first kappa shape index (κ1) is 14.5. The number of piperidine rings is 1. The van der Waals surface area contributed by atoms with Crippen molar-refractivity contribution in [2.75, 3.05) is 25.5 Å². The number of nitrogens with zero attached hydrogens (tertiary/aromatic N) is 1. The lowest BCUT2D eigenvalue weighted by molar-refractivity contribution is -0.120. The molecule has 1 aliphatic heterocycles. The molecule has 2 rings (SSSR count). The molecular formula is C15H20N2O3. The lowest BCUT2D eigenvalue weighted by Gasteiger charge is -2.31. The fourth-order valence-electron chi connectivity index (χ4n) is 2.49. The summed E-state index contributed by atoms with van der Waals surface area (Å²) in [7, 11) is 1.57. The van der Waals surface area contributed by atoms with Crippen molar-refractivity contribution in [3.8, 4) is 5.75 Å². The summed E-state index contributed by atoms with van der Waals surface area (Å²) in [6.07, 6.45) is 3.86. The van der Waals surface area contributed by atoms with Crippen LogP contribution in [0.1, 0.15) is 19.3 Å². The summed E-state index contributed by atoms with van der Waals surface area (Å²) in [5.41, 5.74) is 0.652. The van der Waals surface area contributed by atoms with Crippen molar-refractivity contribution in [1.82, 2.24) is 4.90 Å². The number of hydrogen-bond donors (Lipinski definition) is 1. The lowest BCUT2D eigenvalue weighted by atomic mass is 10.0. The summed E-state index contributed by atoms with van der Waals surface area (Å²) in [6, 6.07) is 7.15. The van der Waals surface area contributed by atoms with Gasteiger partial charge in [-0.05, 0) is 31.5 Å². The van der Waals surface area contributed by atoms with Crippen LogP contribution < -0.4 is 10.1 Å². The van der Waals surface area contributed by atoms with Crippen LogP contribution in [0.15, 0.2) is 24.3 Å². The third-order valence-electron chi connectivity index (χ3n) is 3.55. The highest BCUT2D eigenvalue weighted by atomic mass is 16.5. The Kier molecular flexibility index (Phi) is 5.12. The van der Waals surface area contributed by atoms with Gasteiger partial charge in [-0.1, -0.05) is 18.6 Å². The van der Waals surface area contributed by atoms with Crippen LogP contribution in [0.5, 0.6) is 5.75 Å². The molecule has 1 N–H and O–H groups in total. The van der Waals surface area contributed by atoms with Crippen LogP contribution in [-0.4, -0.2) is 43.3 Å². The summed E-state index contributed by atoms with van der Waals surface area (Å²) in [4.78, 5) is 25.0. The van der Waals surface area contributed by atoms with Gasteiger partial charge in [0.2, 0.25) is 5.91 Å². The molecule has 1 aromatic carbocycles. The van der Waals surface area contributed by atoms with Gasteiger partial charge < -0.3 is 14.8 Å². The zero-order valence-corrected chi connectivity index (χ0v) is 11.7. The molecule has 0 aliphatic carbocycles. The highest BCUT2D eigenvalue weighted by Gasteiger charge is 2.23. The molecule has 0 aromatic heterocycles. The second-order valence-electron chi connectivity index (χ2n) is 4.92. The summed E-state index contributed by atoms with van der Waals surface area (Å²) in [5, 5.41) is 2.83. The molecule has 1 aromatic rings. The first-order chi connectivity index (χ1) is 9.74. The molecule has 1 amide bonds. The summed E-state index contributed by atoms with van der Waals surface area (Å²) in [5.74, 6) is 0.509. The minimum absolute atomic E-state index is 0.122. The quantitative estimate of drug-likeness (QED) is 0.831. The van der Waals surface area contributed by atoms with Crippen LogP contribution in [0, 0.1) is 0 Å². The number of carbonyl (C=O) groups excluding carboxylic acids is 2. The number of nitrogens with one attached hydrogen (secondary N) is 1. The van der Waals surface area contributed by atoms with Gasteiger partial charge >= 0.3 is 0 Å². The zero-order chi connectivity index (χ0) is 14.4. The molecule has 1 saturated heterocycles. The molecule has 5 heteroatoms. The van der Waals surface area contributed by atoms with Gasteiger partial charge in [0.05, 0.1) is 25.4 Å². The van der Waals surface area contributed by atoms with E-state index in [1.807, 2.05) is 17.0 Å². The van der Waals surface area contributed by atoms with Crippen molar-refractivity contribution in [2.45, 2.75) is 25.3 Å². The average Bonchev–Trinajstić information content (AvgIpc) is 2.48. The van der Waals surface area contributed by atoms with Crippen LogP contribution in [0.2, 0.25) is 0 Å². The van der Waals surface area contributed by atoms with Crippen LogP contribution in [0.25, 0.3) is 0 Å². The Morgan fingerprint density at radius 1 is 1.45 bits per heavy atom. The van der Waals surface area contributed by atoms with E-state index in [0.717, 1.165) is 32.1 Å². The Bertz CT molecular complexity index is 476. The van der Waals surface area contributed by atoms with E-state index in [2.05, 4.69) is 5.32 Å². The van der Waals surface area contributed by atoms with E-state index in [-0.39, 0.29) is 18.5 Å². The van der Waals surface area contributed by atoms with E-state index >= 15 is 0 Å². The number of anilines is 1. The van der Waals surface area contributed by atoms with Crippen molar-refractivity contribution in [3.63, 3.8) is 0 Å². The Balaban J connectivity index is 1.96. The SMILES string of the molecule is COc1ccccc1NC(=O)CN1CCCCC1C=O. The van der Waals surface area contributed by atoms with Gasteiger partial charge in [-0.3, -0.25) is 9.69 Å². The molecular weight excluding hydrogens is 256 g/mol. The third kappa shape index (κ3) is 3.57. The van der Waals surface area contributed by atoms with Crippen molar-refractivity contribution < 1.29 is 14.3 Å². The first-order valence-corrected chi connectivity index (χ1v) is 6.87. The largest absolute Gasteiger partial charge is 0.495 e. The maximum Gasteiger partial charge on any atom is 0.238 e. The number of aldehydes is 1. The molecule has 1 heterocycles. The molecule has 0 saturated carbocycles. The molecule has 0 spiro atoms. The number of methoxy groups -OCH3 is 1. The molecule has 1 unspecified atom stereocenters. The second kappa shape index (κ2) is 7.05. The van der Waals surface area contributed by atoms with Crippen molar-refractivity contribution in [3.05, 3.63) is 24.3 Å². The third-order valence-corrected chi connectivity index (χ3v) is 3.55. The van der Waals surface area contributed by atoms with Crippen LogP contribution in [0.3, 0.4) is 0 Å². The zero-order valence-electron chi connectivity index (χ0n) is 11.7. The van der Waals surface area contributed by atoms with Gasteiger partial charge in [0.15, 0.2) is 0 Å². The molecule has 5 nitrogen and oxygen atoms in total. The van der Waals surface area contributed by atoms with E-state index in [9.17, 15) is 9.59 Å². The maximum atomic E-state index is 12.1. The minimum Gasteiger partial charge on any atom is -0.495 e. The molecule has 0 bridgehead atoms. The predicted octanol–water partition coefficient (Wildman–Crippen LogP) is 1.69. The second-order valence-corrected chi connectivity index (χ2v) is 4.92. The van der Waals surface area contributed by atoms with Gasteiger partial charge in [-0.2, -0.15) is 0 Å². The monoisotopic (exact) mass is 276 g/mol. The van der Waals surface area contributed by atoms with Crippen LogP contribution in [-0.2, 0) is 9.59 Å². The molecule has 1 aliphatic rings. The number of likely N-dealkylation sites (tertiary alicyclic amines) is 1. The smallest absolute Gasteiger partial charge is 0.238 e. The minimum atomic E-state index is -0.132. The van der Waals surface area contributed by atoms with Gasteiger partial charge in [0.1, 0.15) is 12.0 Å². The number of amides is 1. The number of carbonyl (C=O) groups is 2. The van der Waals surface area contributed by atoms with E-state index < -0.39 is 0 Å². The van der Waals surface area contributed by atoms with Gasteiger partial charge in [-0.25, -0.2) is 0 Å². The van der Waals surface area contributed by atoms with Crippen LogP contribution >= 0.6 is 0 Å². The Morgan fingerprint density at radius 2 is 2.25 bits per heavy atom. The standard InChI is InChI=1S/C15H20N2O3/c1-20-14-8-3-2-7-13(14)16-15(19)10-17-9-5-4-6-12(17)11-18/h2-3,7-8,11-12H,4-6,9-10H2,1H3,(H,16,19). The topological polar surface area (TPSA) is 58.6 Å². The molecule has 0 radical (unpaired) electrons. The van der Waals surface area contributed by atoms with Gasteiger partial charge in [0.25, 0.3) is 0 Å². The highest BCUT2D eigenvalue weighted by molar-refractivity contribution is 5.93. The van der Waals surface area contributed by atoms with E-state index in [1.54, 1.807) is 19.2 Å². The average molecular weight is 276 g/mol. The van der Waals surface area contributed by atoms with E-state index in [0.29, 0.717) is 11.4 Å². The van der Waals surface area contributed by atoms with Crippen molar-refractivity contribution in [2.24, 2.45) is 0 Å². The summed E-state index contributed by atoms with van der Waals surface area (Å²) in [6.45, 7) is 1.03. The highest BCUT2D eigenvalue weighted by Crippen LogP contribution is 2.23. The van der Waals surface area contributed by atoms with E-state index in [1.165, 1.54) is 0 Å². The predicted molar refractivity (Wildman–Crippen MR) is 76.9 cm³/mol. The molecule has 108 valence electrons. The molecule has 20 heavy (non-hydrogen) atoms. The Labute approximate surface area is 118 Å². The fourth-order valence-corrected chi connectivity index (χ4v) is 2.49. The maximum absolute atomic E-state index is 12.1.